The molecular weight excluding hydrogens is 220 g/mol. The molecule has 1 atom stereocenters. The standard InChI is InChI=1S/C11H16N4O2/c1-2-8-5-9(15-14-8)13-11(17)7-3-4-10(16)12-6-7/h5,7H,2-4,6H2,1H3,(H,12,16)(H2,13,14,15,17). The Bertz CT molecular complexity index is 417. The van der Waals surface area contributed by atoms with Crippen molar-refractivity contribution in [2.24, 2.45) is 5.92 Å². The van der Waals surface area contributed by atoms with Crippen LogP contribution in [0.2, 0.25) is 0 Å². The lowest BCUT2D eigenvalue weighted by Crippen LogP contribution is -2.40. The Balaban J connectivity index is 1.90. The molecule has 0 aromatic carbocycles. The highest BCUT2D eigenvalue weighted by Gasteiger charge is 2.24. The maximum Gasteiger partial charge on any atom is 0.230 e. The van der Waals surface area contributed by atoms with E-state index in [9.17, 15) is 9.59 Å². The predicted molar refractivity (Wildman–Crippen MR) is 62.3 cm³/mol. The number of H-pyrrole nitrogens is 1. The topological polar surface area (TPSA) is 86.9 Å². The molecule has 2 heterocycles. The predicted octanol–water partition coefficient (Wildman–Crippen LogP) is 0.437. The van der Waals surface area contributed by atoms with Gasteiger partial charge in [-0.15, -0.1) is 0 Å². The summed E-state index contributed by atoms with van der Waals surface area (Å²) >= 11 is 0. The zero-order valence-corrected chi connectivity index (χ0v) is 9.75. The van der Waals surface area contributed by atoms with E-state index >= 15 is 0 Å². The summed E-state index contributed by atoms with van der Waals surface area (Å²) in [6.45, 7) is 2.42. The molecule has 1 aliphatic rings. The second-order valence-corrected chi connectivity index (χ2v) is 4.16. The van der Waals surface area contributed by atoms with Crippen molar-refractivity contribution in [3.63, 3.8) is 0 Å². The molecular formula is C11H16N4O2. The van der Waals surface area contributed by atoms with Gasteiger partial charge in [0.2, 0.25) is 11.8 Å². The van der Waals surface area contributed by atoms with Crippen molar-refractivity contribution in [3.8, 4) is 0 Å². The molecule has 1 saturated heterocycles. The minimum atomic E-state index is -0.158. The summed E-state index contributed by atoms with van der Waals surface area (Å²) in [7, 11) is 0. The van der Waals surface area contributed by atoms with Crippen LogP contribution in [-0.4, -0.2) is 28.6 Å². The first-order valence-electron chi connectivity index (χ1n) is 5.81. The fraction of sp³-hybridized carbons (Fsp3) is 0.545. The smallest absolute Gasteiger partial charge is 0.230 e. The fourth-order valence-electron chi connectivity index (χ4n) is 1.79. The summed E-state index contributed by atoms with van der Waals surface area (Å²) in [5.41, 5.74) is 0.984. The molecule has 1 aliphatic heterocycles. The minimum Gasteiger partial charge on any atom is -0.355 e. The molecule has 17 heavy (non-hydrogen) atoms. The number of nitrogens with zero attached hydrogens (tertiary/aromatic N) is 1. The van der Waals surface area contributed by atoms with Crippen molar-refractivity contribution in [1.29, 1.82) is 0 Å². The SMILES string of the molecule is CCc1cc(NC(=O)C2CCC(=O)NC2)n[nH]1. The maximum atomic E-state index is 11.9. The molecule has 0 bridgehead atoms. The quantitative estimate of drug-likeness (QED) is 0.711. The number of carbonyl (C=O) groups is 2. The van der Waals surface area contributed by atoms with Gasteiger partial charge in [-0.1, -0.05) is 6.92 Å². The molecule has 1 unspecified atom stereocenters. The average Bonchev–Trinajstić information content (AvgIpc) is 2.77. The van der Waals surface area contributed by atoms with Crippen LogP contribution >= 0.6 is 0 Å². The van der Waals surface area contributed by atoms with Gasteiger partial charge in [0, 0.05) is 24.7 Å². The van der Waals surface area contributed by atoms with Gasteiger partial charge in [-0.25, -0.2) is 0 Å². The number of amides is 2. The molecule has 1 fully saturated rings. The first kappa shape index (κ1) is 11.6. The average molecular weight is 236 g/mol. The van der Waals surface area contributed by atoms with Crippen LogP contribution in [-0.2, 0) is 16.0 Å². The van der Waals surface area contributed by atoms with Crippen molar-refractivity contribution in [2.75, 3.05) is 11.9 Å². The van der Waals surface area contributed by atoms with E-state index in [4.69, 9.17) is 0 Å². The van der Waals surface area contributed by atoms with Crippen molar-refractivity contribution < 1.29 is 9.59 Å². The second-order valence-electron chi connectivity index (χ2n) is 4.16. The highest BCUT2D eigenvalue weighted by Crippen LogP contribution is 2.14. The number of anilines is 1. The van der Waals surface area contributed by atoms with Gasteiger partial charge in [-0.2, -0.15) is 5.10 Å². The second kappa shape index (κ2) is 4.99. The van der Waals surface area contributed by atoms with Gasteiger partial charge in [0.15, 0.2) is 5.82 Å². The highest BCUT2D eigenvalue weighted by molar-refractivity contribution is 5.93. The van der Waals surface area contributed by atoms with Gasteiger partial charge >= 0.3 is 0 Å². The minimum absolute atomic E-state index is 0.0158. The molecule has 2 rings (SSSR count). The van der Waals surface area contributed by atoms with E-state index in [1.165, 1.54) is 0 Å². The number of hydrogen-bond donors (Lipinski definition) is 3. The fourth-order valence-corrected chi connectivity index (χ4v) is 1.79. The molecule has 1 aromatic heterocycles. The number of aromatic amines is 1. The molecule has 6 heteroatoms. The monoisotopic (exact) mass is 236 g/mol. The van der Waals surface area contributed by atoms with Crippen molar-refractivity contribution in [3.05, 3.63) is 11.8 Å². The number of rotatable bonds is 3. The summed E-state index contributed by atoms with van der Waals surface area (Å²) in [5.74, 6) is 0.319. The first-order valence-corrected chi connectivity index (χ1v) is 5.81. The lowest BCUT2D eigenvalue weighted by Gasteiger charge is -2.20. The van der Waals surface area contributed by atoms with Gasteiger partial charge in [0.1, 0.15) is 0 Å². The molecule has 0 saturated carbocycles. The molecule has 0 radical (unpaired) electrons. The lowest BCUT2D eigenvalue weighted by molar-refractivity contribution is -0.126. The summed E-state index contributed by atoms with van der Waals surface area (Å²) in [4.78, 5) is 22.8. The van der Waals surface area contributed by atoms with Crippen molar-refractivity contribution in [2.45, 2.75) is 26.2 Å². The van der Waals surface area contributed by atoms with Gasteiger partial charge in [-0.3, -0.25) is 14.7 Å². The Morgan fingerprint density at radius 3 is 3.06 bits per heavy atom. The normalized spacial score (nSPS) is 19.8. The van der Waals surface area contributed by atoms with Gasteiger partial charge < -0.3 is 10.6 Å². The number of carbonyl (C=O) groups excluding carboxylic acids is 2. The molecule has 2 amide bonds. The van der Waals surface area contributed by atoms with E-state index in [-0.39, 0.29) is 17.7 Å². The van der Waals surface area contributed by atoms with Gasteiger partial charge in [0.05, 0.1) is 5.92 Å². The summed E-state index contributed by atoms with van der Waals surface area (Å²) in [6, 6.07) is 1.82. The number of aromatic nitrogens is 2. The van der Waals surface area contributed by atoms with Crippen LogP contribution in [0.5, 0.6) is 0 Å². The summed E-state index contributed by atoms with van der Waals surface area (Å²) in [6.07, 6.45) is 1.87. The van der Waals surface area contributed by atoms with Crippen LogP contribution in [0, 0.1) is 5.92 Å². The summed E-state index contributed by atoms with van der Waals surface area (Å²) < 4.78 is 0. The Kier molecular flexibility index (Phi) is 3.41. The van der Waals surface area contributed by atoms with Crippen molar-refractivity contribution >= 4 is 17.6 Å². The van der Waals surface area contributed by atoms with E-state index in [1.807, 2.05) is 13.0 Å². The number of aryl methyl sites for hydroxylation is 1. The molecule has 92 valence electrons. The Morgan fingerprint density at radius 2 is 2.47 bits per heavy atom. The van der Waals surface area contributed by atoms with Crippen LogP contribution in [0.15, 0.2) is 6.07 Å². The Labute approximate surface area is 99.2 Å². The Morgan fingerprint density at radius 1 is 1.65 bits per heavy atom. The van der Waals surface area contributed by atoms with Crippen LogP contribution < -0.4 is 10.6 Å². The number of hydrogen-bond acceptors (Lipinski definition) is 3. The zero-order valence-electron chi connectivity index (χ0n) is 9.75. The maximum absolute atomic E-state index is 11.9. The van der Waals surface area contributed by atoms with Gasteiger partial charge in [-0.05, 0) is 12.8 Å². The van der Waals surface area contributed by atoms with Crippen LogP contribution in [0.25, 0.3) is 0 Å². The molecule has 1 aromatic rings. The molecule has 0 aliphatic carbocycles. The third-order valence-electron chi connectivity index (χ3n) is 2.90. The van der Waals surface area contributed by atoms with Crippen LogP contribution in [0.4, 0.5) is 5.82 Å². The van der Waals surface area contributed by atoms with E-state index in [1.54, 1.807) is 0 Å². The third-order valence-corrected chi connectivity index (χ3v) is 2.90. The summed E-state index contributed by atoms with van der Waals surface area (Å²) in [5, 5.41) is 12.3. The first-order chi connectivity index (χ1) is 8.19. The van der Waals surface area contributed by atoms with E-state index in [0.29, 0.717) is 25.2 Å². The molecule has 6 nitrogen and oxygen atoms in total. The van der Waals surface area contributed by atoms with E-state index < -0.39 is 0 Å². The van der Waals surface area contributed by atoms with Crippen molar-refractivity contribution in [1.82, 2.24) is 15.5 Å². The third kappa shape index (κ3) is 2.83. The van der Waals surface area contributed by atoms with Crippen LogP contribution in [0.3, 0.4) is 0 Å². The van der Waals surface area contributed by atoms with Crippen LogP contribution in [0.1, 0.15) is 25.5 Å². The number of nitrogens with one attached hydrogen (secondary N) is 3. The largest absolute Gasteiger partial charge is 0.355 e. The molecule has 0 spiro atoms. The Hall–Kier alpha value is -1.85. The lowest BCUT2D eigenvalue weighted by atomic mass is 9.98. The van der Waals surface area contributed by atoms with E-state index in [0.717, 1.165) is 12.1 Å². The zero-order chi connectivity index (χ0) is 12.3. The highest BCUT2D eigenvalue weighted by atomic mass is 16.2. The molecule has 3 N–H and O–H groups in total. The van der Waals surface area contributed by atoms with Gasteiger partial charge in [0.25, 0.3) is 0 Å². The van der Waals surface area contributed by atoms with E-state index in [2.05, 4.69) is 20.8 Å². The number of piperidine rings is 1.